The molecular weight excluding hydrogens is 230 g/mol. The van der Waals surface area contributed by atoms with Crippen LogP contribution in [0.4, 0.5) is 17.3 Å². The van der Waals surface area contributed by atoms with Crippen molar-refractivity contribution < 1.29 is 15.1 Å². The first kappa shape index (κ1) is 13.1. The average molecular weight is 243 g/mol. The Balaban J connectivity index is 3.17. The molecule has 94 valence electrons. The van der Waals surface area contributed by atoms with Gasteiger partial charge in [0.2, 0.25) is 11.6 Å². The van der Waals surface area contributed by atoms with Crippen LogP contribution in [0.25, 0.3) is 0 Å². The van der Waals surface area contributed by atoms with Gasteiger partial charge in [0, 0.05) is 13.1 Å². The van der Waals surface area contributed by atoms with Crippen LogP contribution in [-0.2, 0) is 0 Å². The second-order valence-corrected chi connectivity index (χ2v) is 3.12. The Labute approximate surface area is 96.7 Å². The second-order valence-electron chi connectivity index (χ2n) is 3.12. The van der Waals surface area contributed by atoms with Crippen molar-refractivity contribution in [1.29, 1.82) is 0 Å². The summed E-state index contributed by atoms with van der Waals surface area (Å²) < 4.78 is 0. The molecule has 17 heavy (non-hydrogen) atoms. The summed E-state index contributed by atoms with van der Waals surface area (Å²) in [4.78, 5) is 18.8. The van der Waals surface area contributed by atoms with Gasteiger partial charge in [0.15, 0.2) is 0 Å². The SMILES string of the molecule is Nc1ncnc(N(CCO)CCO)c1[N+](=O)[O-]. The molecule has 0 bridgehead atoms. The standard InChI is InChI=1S/C8H13N5O4/c9-7-6(13(16)17)8(11-5-10-7)12(1-3-14)2-4-15/h5,14-15H,1-4H2,(H2,9,10,11). The van der Waals surface area contributed by atoms with Gasteiger partial charge in [0.05, 0.1) is 18.1 Å². The van der Waals surface area contributed by atoms with Crippen molar-refractivity contribution in [2.24, 2.45) is 0 Å². The van der Waals surface area contributed by atoms with Gasteiger partial charge in [0.25, 0.3) is 0 Å². The van der Waals surface area contributed by atoms with Crippen molar-refractivity contribution in [3.05, 3.63) is 16.4 Å². The summed E-state index contributed by atoms with van der Waals surface area (Å²) in [6.07, 6.45) is 1.10. The number of aromatic nitrogens is 2. The topological polar surface area (TPSA) is 139 Å². The third-order valence-electron chi connectivity index (χ3n) is 2.05. The molecule has 0 radical (unpaired) electrons. The summed E-state index contributed by atoms with van der Waals surface area (Å²) >= 11 is 0. The zero-order valence-corrected chi connectivity index (χ0v) is 8.98. The minimum Gasteiger partial charge on any atom is -0.395 e. The Morgan fingerprint density at radius 3 is 2.41 bits per heavy atom. The van der Waals surface area contributed by atoms with E-state index in [0.717, 1.165) is 6.33 Å². The molecule has 0 spiro atoms. The third kappa shape index (κ3) is 2.98. The van der Waals surface area contributed by atoms with Gasteiger partial charge < -0.3 is 20.8 Å². The molecule has 1 aromatic heterocycles. The van der Waals surface area contributed by atoms with Crippen molar-refractivity contribution in [1.82, 2.24) is 9.97 Å². The molecule has 0 saturated carbocycles. The van der Waals surface area contributed by atoms with Crippen LogP contribution in [-0.4, -0.2) is 51.4 Å². The number of nitro groups is 1. The molecule has 0 fully saturated rings. The zero-order valence-electron chi connectivity index (χ0n) is 8.98. The smallest absolute Gasteiger partial charge is 0.353 e. The van der Waals surface area contributed by atoms with E-state index in [1.165, 1.54) is 4.90 Å². The second kappa shape index (κ2) is 5.92. The molecule has 0 aliphatic carbocycles. The zero-order chi connectivity index (χ0) is 12.8. The van der Waals surface area contributed by atoms with Gasteiger partial charge in [-0.15, -0.1) is 0 Å². The summed E-state index contributed by atoms with van der Waals surface area (Å²) in [6.45, 7) is -0.224. The van der Waals surface area contributed by atoms with Crippen LogP contribution in [0.1, 0.15) is 0 Å². The van der Waals surface area contributed by atoms with Gasteiger partial charge in [-0.05, 0) is 0 Å². The number of nitrogen functional groups attached to an aromatic ring is 1. The van der Waals surface area contributed by atoms with Gasteiger partial charge in [-0.3, -0.25) is 10.1 Å². The van der Waals surface area contributed by atoms with E-state index in [-0.39, 0.29) is 37.9 Å². The van der Waals surface area contributed by atoms with Gasteiger partial charge in [-0.2, -0.15) is 0 Å². The van der Waals surface area contributed by atoms with Crippen LogP contribution >= 0.6 is 0 Å². The Morgan fingerprint density at radius 1 is 1.35 bits per heavy atom. The lowest BCUT2D eigenvalue weighted by molar-refractivity contribution is -0.383. The van der Waals surface area contributed by atoms with E-state index < -0.39 is 10.6 Å². The number of hydrogen-bond acceptors (Lipinski definition) is 8. The predicted octanol–water partition coefficient (Wildman–Crippen LogP) is -1.24. The van der Waals surface area contributed by atoms with E-state index >= 15 is 0 Å². The van der Waals surface area contributed by atoms with Gasteiger partial charge in [-0.25, -0.2) is 9.97 Å². The number of nitrogens with two attached hydrogens (primary N) is 1. The molecule has 9 nitrogen and oxygen atoms in total. The van der Waals surface area contributed by atoms with Crippen molar-refractivity contribution >= 4 is 17.3 Å². The molecule has 1 heterocycles. The fraction of sp³-hybridized carbons (Fsp3) is 0.500. The highest BCUT2D eigenvalue weighted by atomic mass is 16.6. The van der Waals surface area contributed by atoms with Crippen molar-refractivity contribution in [2.75, 3.05) is 36.9 Å². The maximum Gasteiger partial charge on any atom is 0.353 e. The molecular formula is C8H13N5O4. The van der Waals surface area contributed by atoms with Gasteiger partial charge >= 0.3 is 5.69 Å². The predicted molar refractivity (Wildman–Crippen MR) is 59.5 cm³/mol. The maximum absolute atomic E-state index is 10.8. The molecule has 0 atom stereocenters. The van der Waals surface area contributed by atoms with E-state index in [4.69, 9.17) is 15.9 Å². The van der Waals surface area contributed by atoms with E-state index in [1.54, 1.807) is 0 Å². The normalized spacial score (nSPS) is 10.2. The number of aliphatic hydroxyl groups is 2. The molecule has 0 aromatic carbocycles. The van der Waals surface area contributed by atoms with E-state index in [0.29, 0.717) is 0 Å². The molecule has 0 aliphatic rings. The minimum absolute atomic E-state index is 0.00870. The molecule has 0 aliphatic heterocycles. The molecule has 4 N–H and O–H groups in total. The molecule has 1 rings (SSSR count). The Hall–Kier alpha value is -2.00. The first-order valence-corrected chi connectivity index (χ1v) is 4.83. The van der Waals surface area contributed by atoms with E-state index in [2.05, 4.69) is 9.97 Å². The van der Waals surface area contributed by atoms with E-state index in [9.17, 15) is 10.1 Å². The molecule has 0 amide bonds. The average Bonchev–Trinajstić information content (AvgIpc) is 2.28. The maximum atomic E-state index is 10.8. The molecule has 0 saturated heterocycles. The van der Waals surface area contributed by atoms with E-state index in [1.807, 2.05) is 0 Å². The minimum atomic E-state index is -0.688. The highest BCUT2D eigenvalue weighted by Gasteiger charge is 2.24. The summed E-state index contributed by atoms with van der Waals surface area (Å²) in [5, 5.41) is 28.6. The van der Waals surface area contributed by atoms with Gasteiger partial charge in [-0.1, -0.05) is 0 Å². The highest BCUT2D eigenvalue weighted by Crippen LogP contribution is 2.29. The summed E-state index contributed by atoms with van der Waals surface area (Å²) in [6, 6.07) is 0. The summed E-state index contributed by atoms with van der Waals surface area (Å²) in [7, 11) is 0. The first-order chi connectivity index (χ1) is 8.11. The summed E-state index contributed by atoms with van der Waals surface area (Å²) in [5.41, 5.74) is 4.99. The van der Waals surface area contributed by atoms with Crippen LogP contribution in [0.15, 0.2) is 6.33 Å². The number of anilines is 2. The van der Waals surface area contributed by atoms with Crippen LogP contribution in [0.3, 0.4) is 0 Å². The third-order valence-corrected chi connectivity index (χ3v) is 2.05. The van der Waals surface area contributed by atoms with Gasteiger partial charge in [0.1, 0.15) is 6.33 Å². The lowest BCUT2D eigenvalue weighted by atomic mass is 10.3. The fourth-order valence-corrected chi connectivity index (χ4v) is 1.35. The van der Waals surface area contributed by atoms with Crippen LogP contribution in [0, 0.1) is 10.1 Å². The Morgan fingerprint density at radius 2 is 1.94 bits per heavy atom. The van der Waals surface area contributed by atoms with Crippen LogP contribution < -0.4 is 10.6 Å². The summed E-state index contributed by atoms with van der Waals surface area (Å²) in [5.74, 6) is -0.258. The molecule has 1 aromatic rings. The van der Waals surface area contributed by atoms with Crippen molar-refractivity contribution in [2.45, 2.75) is 0 Å². The number of rotatable bonds is 6. The van der Waals surface area contributed by atoms with Crippen LogP contribution in [0.5, 0.6) is 0 Å². The molecule has 0 unspecified atom stereocenters. The lowest BCUT2D eigenvalue weighted by Crippen LogP contribution is -2.31. The van der Waals surface area contributed by atoms with Crippen molar-refractivity contribution in [3.63, 3.8) is 0 Å². The Kier molecular flexibility index (Phi) is 4.55. The largest absolute Gasteiger partial charge is 0.395 e. The lowest BCUT2D eigenvalue weighted by Gasteiger charge is -2.21. The number of aliphatic hydroxyl groups excluding tert-OH is 2. The monoisotopic (exact) mass is 243 g/mol. The quantitative estimate of drug-likeness (QED) is 0.416. The fourth-order valence-electron chi connectivity index (χ4n) is 1.35. The van der Waals surface area contributed by atoms with Crippen molar-refractivity contribution in [3.8, 4) is 0 Å². The van der Waals surface area contributed by atoms with Crippen LogP contribution in [0.2, 0.25) is 0 Å². The Bertz CT molecular complexity index is 394. The number of hydrogen-bond donors (Lipinski definition) is 3. The highest BCUT2D eigenvalue weighted by molar-refractivity contribution is 5.68. The first-order valence-electron chi connectivity index (χ1n) is 4.83. The number of nitrogens with zero attached hydrogens (tertiary/aromatic N) is 4. The molecule has 9 heteroatoms.